The molecule has 0 fully saturated rings. The number of nitrogens with two attached hydrogens (primary N) is 1. The summed E-state index contributed by atoms with van der Waals surface area (Å²) in [5.41, 5.74) is 11.0. The minimum Gasteiger partial charge on any atom is -0.394 e. The number of aromatic nitrogens is 1. The van der Waals surface area contributed by atoms with Crippen molar-refractivity contribution in [2.45, 2.75) is 31.7 Å². The average Bonchev–Trinajstić information content (AvgIpc) is 2.78. The SMILES string of the molecule is NC(CO)c1c[nH]c2cc3c(cc12)CCCC3. The van der Waals surface area contributed by atoms with Crippen molar-refractivity contribution in [3.63, 3.8) is 0 Å². The summed E-state index contributed by atoms with van der Waals surface area (Å²) in [6, 6.07) is 4.22. The highest BCUT2D eigenvalue weighted by molar-refractivity contribution is 5.85. The molecule has 1 aromatic carbocycles. The molecule has 0 spiro atoms. The van der Waals surface area contributed by atoms with Crippen LogP contribution >= 0.6 is 0 Å². The summed E-state index contributed by atoms with van der Waals surface area (Å²) in [5.74, 6) is 0. The van der Waals surface area contributed by atoms with E-state index in [2.05, 4.69) is 17.1 Å². The molecule has 0 aliphatic heterocycles. The van der Waals surface area contributed by atoms with Gasteiger partial charge < -0.3 is 15.8 Å². The first-order chi connectivity index (χ1) is 8.29. The molecule has 3 heteroatoms. The zero-order valence-corrected chi connectivity index (χ0v) is 9.87. The molecule has 1 aromatic heterocycles. The molecular formula is C14H18N2O. The number of aryl methyl sites for hydroxylation is 2. The van der Waals surface area contributed by atoms with Crippen molar-refractivity contribution >= 4 is 10.9 Å². The number of hydrogen-bond donors (Lipinski definition) is 3. The van der Waals surface area contributed by atoms with Crippen LogP contribution in [0.3, 0.4) is 0 Å². The van der Waals surface area contributed by atoms with Crippen LogP contribution < -0.4 is 5.73 Å². The van der Waals surface area contributed by atoms with Gasteiger partial charge in [0, 0.05) is 17.1 Å². The third-order valence-electron chi connectivity index (χ3n) is 3.77. The van der Waals surface area contributed by atoms with Crippen molar-refractivity contribution in [3.8, 4) is 0 Å². The molecule has 1 aliphatic carbocycles. The Kier molecular flexibility index (Phi) is 2.65. The zero-order chi connectivity index (χ0) is 11.8. The molecule has 0 saturated heterocycles. The van der Waals surface area contributed by atoms with Gasteiger partial charge in [0.2, 0.25) is 0 Å². The van der Waals surface area contributed by atoms with E-state index in [9.17, 15) is 0 Å². The fourth-order valence-corrected chi connectivity index (χ4v) is 2.78. The maximum Gasteiger partial charge on any atom is 0.0625 e. The number of aromatic amines is 1. The highest BCUT2D eigenvalue weighted by atomic mass is 16.3. The Bertz CT molecular complexity index is 544. The van der Waals surface area contributed by atoms with Gasteiger partial charge in [-0.3, -0.25) is 0 Å². The summed E-state index contributed by atoms with van der Waals surface area (Å²) in [6.45, 7) is -0.00988. The van der Waals surface area contributed by atoms with Crippen molar-refractivity contribution in [2.75, 3.05) is 6.61 Å². The lowest BCUT2D eigenvalue weighted by atomic mass is 9.90. The van der Waals surface area contributed by atoms with E-state index < -0.39 is 0 Å². The van der Waals surface area contributed by atoms with Crippen molar-refractivity contribution in [3.05, 3.63) is 35.0 Å². The molecule has 1 unspecified atom stereocenters. The van der Waals surface area contributed by atoms with Gasteiger partial charge in [-0.05, 0) is 54.5 Å². The smallest absolute Gasteiger partial charge is 0.0625 e. The number of aliphatic hydroxyl groups excluding tert-OH is 1. The minimum absolute atomic E-state index is 0.00988. The maximum absolute atomic E-state index is 9.17. The number of nitrogens with one attached hydrogen (secondary N) is 1. The number of rotatable bonds is 2. The molecule has 4 N–H and O–H groups in total. The number of hydrogen-bond acceptors (Lipinski definition) is 2. The largest absolute Gasteiger partial charge is 0.394 e. The Morgan fingerprint density at radius 3 is 2.65 bits per heavy atom. The van der Waals surface area contributed by atoms with Crippen LogP contribution in [0.1, 0.15) is 35.6 Å². The summed E-state index contributed by atoms with van der Waals surface area (Å²) in [5, 5.41) is 10.3. The van der Waals surface area contributed by atoms with Gasteiger partial charge in [0.05, 0.1) is 12.6 Å². The van der Waals surface area contributed by atoms with Crippen LogP contribution in [-0.4, -0.2) is 16.7 Å². The molecule has 0 saturated carbocycles. The summed E-state index contributed by atoms with van der Waals surface area (Å²) in [7, 11) is 0. The molecule has 0 bridgehead atoms. The molecule has 3 rings (SSSR count). The van der Waals surface area contributed by atoms with Gasteiger partial charge in [-0.2, -0.15) is 0 Å². The van der Waals surface area contributed by atoms with Crippen LogP contribution in [0.4, 0.5) is 0 Å². The number of benzene rings is 1. The van der Waals surface area contributed by atoms with Crippen LogP contribution in [0.15, 0.2) is 18.3 Å². The monoisotopic (exact) mass is 230 g/mol. The van der Waals surface area contributed by atoms with Crippen LogP contribution in [-0.2, 0) is 12.8 Å². The topological polar surface area (TPSA) is 62.0 Å². The van der Waals surface area contributed by atoms with Crippen LogP contribution in [0.2, 0.25) is 0 Å². The summed E-state index contributed by atoms with van der Waals surface area (Å²) < 4.78 is 0. The van der Waals surface area contributed by atoms with Crippen molar-refractivity contribution < 1.29 is 5.11 Å². The molecule has 0 radical (unpaired) electrons. The number of H-pyrrole nitrogens is 1. The molecule has 0 amide bonds. The highest BCUT2D eigenvalue weighted by Crippen LogP contribution is 2.29. The number of fused-ring (bicyclic) bond motifs is 2. The molecule has 17 heavy (non-hydrogen) atoms. The van der Waals surface area contributed by atoms with Crippen LogP contribution in [0.5, 0.6) is 0 Å². The van der Waals surface area contributed by atoms with Crippen molar-refractivity contribution in [2.24, 2.45) is 5.73 Å². The fraction of sp³-hybridized carbons (Fsp3) is 0.429. The summed E-state index contributed by atoms with van der Waals surface area (Å²) in [6.07, 6.45) is 6.86. The van der Waals surface area contributed by atoms with Gasteiger partial charge >= 0.3 is 0 Å². The van der Waals surface area contributed by atoms with Gasteiger partial charge in [-0.1, -0.05) is 0 Å². The quantitative estimate of drug-likeness (QED) is 0.739. The molecule has 2 aromatic rings. The first-order valence-electron chi connectivity index (χ1n) is 6.29. The van der Waals surface area contributed by atoms with Crippen LogP contribution in [0, 0.1) is 0 Å². The van der Waals surface area contributed by atoms with E-state index in [1.165, 1.54) is 42.2 Å². The lowest BCUT2D eigenvalue weighted by molar-refractivity contribution is 0.268. The Hall–Kier alpha value is -1.32. The second-order valence-corrected chi connectivity index (χ2v) is 4.91. The first-order valence-corrected chi connectivity index (χ1v) is 6.29. The average molecular weight is 230 g/mol. The number of aliphatic hydroxyl groups is 1. The summed E-state index contributed by atoms with van der Waals surface area (Å²) >= 11 is 0. The lowest BCUT2D eigenvalue weighted by Crippen LogP contribution is -2.14. The molecule has 3 nitrogen and oxygen atoms in total. The Labute approximate surface area is 101 Å². The van der Waals surface area contributed by atoms with Gasteiger partial charge in [0.1, 0.15) is 0 Å². The van der Waals surface area contributed by atoms with Crippen molar-refractivity contribution in [1.82, 2.24) is 4.98 Å². The minimum atomic E-state index is -0.287. The maximum atomic E-state index is 9.17. The van der Waals surface area contributed by atoms with E-state index in [0.29, 0.717) is 0 Å². The van der Waals surface area contributed by atoms with E-state index in [-0.39, 0.29) is 12.6 Å². The molecule has 1 aliphatic rings. The highest BCUT2D eigenvalue weighted by Gasteiger charge is 2.15. The third kappa shape index (κ3) is 1.75. The van der Waals surface area contributed by atoms with Gasteiger partial charge in [0.15, 0.2) is 0 Å². The molecule has 1 atom stereocenters. The molecular weight excluding hydrogens is 212 g/mol. The second-order valence-electron chi connectivity index (χ2n) is 4.91. The van der Waals surface area contributed by atoms with E-state index in [4.69, 9.17) is 10.8 Å². The van der Waals surface area contributed by atoms with Gasteiger partial charge in [0.25, 0.3) is 0 Å². The normalized spacial score (nSPS) is 17.1. The summed E-state index contributed by atoms with van der Waals surface area (Å²) in [4.78, 5) is 3.26. The van der Waals surface area contributed by atoms with Crippen LogP contribution in [0.25, 0.3) is 10.9 Å². The third-order valence-corrected chi connectivity index (χ3v) is 3.77. The van der Waals surface area contributed by atoms with E-state index in [1.807, 2.05) is 6.20 Å². The zero-order valence-electron chi connectivity index (χ0n) is 9.87. The van der Waals surface area contributed by atoms with E-state index in [0.717, 1.165) is 11.1 Å². The standard InChI is InChI=1S/C14H18N2O/c15-13(8-17)12-7-16-14-6-10-4-2-1-3-9(10)5-11(12)14/h5-7,13,16-17H,1-4,8,15H2. The predicted molar refractivity (Wildman–Crippen MR) is 69.0 cm³/mol. The molecule has 1 heterocycles. The van der Waals surface area contributed by atoms with Crippen molar-refractivity contribution in [1.29, 1.82) is 0 Å². The van der Waals surface area contributed by atoms with Gasteiger partial charge in [-0.15, -0.1) is 0 Å². The second kappa shape index (κ2) is 4.17. The first kappa shape index (κ1) is 10.8. The Balaban J connectivity index is 2.15. The van der Waals surface area contributed by atoms with Gasteiger partial charge in [-0.25, -0.2) is 0 Å². The molecule has 90 valence electrons. The Morgan fingerprint density at radius 1 is 1.24 bits per heavy atom. The predicted octanol–water partition coefficient (Wildman–Crippen LogP) is 2.04. The van der Waals surface area contributed by atoms with E-state index >= 15 is 0 Å². The Morgan fingerprint density at radius 2 is 1.94 bits per heavy atom. The van der Waals surface area contributed by atoms with E-state index in [1.54, 1.807) is 0 Å². The lowest BCUT2D eigenvalue weighted by Gasteiger charge is -2.16. The fourth-order valence-electron chi connectivity index (χ4n) is 2.78.